The van der Waals surface area contributed by atoms with Crippen LogP contribution in [0.2, 0.25) is 0 Å². The van der Waals surface area contributed by atoms with E-state index in [-0.39, 0.29) is 0 Å². The van der Waals surface area contributed by atoms with Crippen LogP contribution >= 0.6 is 0 Å². The lowest BCUT2D eigenvalue weighted by molar-refractivity contribution is 0.453. The summed E-state index contributed by atoms with van der Waals surface area (Å²) in [5, 5.41) is 12.4. The monoisotopic (exact) mass is 178 g/mol. The minimum Gasteiger partial charge on any atom is -0.313 e. The van der Waals surface area contributed by atoms with Crippen LogP contribution in [-0.2, 0) is 0 Å². The highest BCUT2D eigenvalue weighted by Gasteiger charge is 2.27. The van der Waals surface area contributed by atoms with E-state index in [0.29, 0.717) is 12.0 Å². The largest absolute Gasteiger partial charge is 0.313 e. The topological polar surface area (TPSA) is 35.8 Å². The molecule has 2 fully saturated rings. The van der Waals surface area contributed by atoms with Gasteiger partial charge in [-0.2, -0.15) is 5.26 Å². The summed E-state index contributed by atoms with van der Waals surface area (Å²) in [6.45, 7) is 1.13. The Bertz CT molecular complexity index is 203. The average Bonchev–Trinajstić information content (AvgIpc) is 2.84. The van der Waals surface area contributed by atoms with E-state index in [1.807, 2.05) is 0 Å². The fraction of sp³-hybridized carbons (Fsp3) is 0.909. The third kappa shape index (κ3) is 2.45. The van der Waals surface area contributed by atoms with Crippen molar-refractivity contribution in [1.29, 1.82) is 5.26 Å². The van der Waals surface area contributed by atoms with Gasteiger partial charge in [-0.3, -0.25) is 0 Å². The molecule has 2 aliphatic rings. The molecule has 0 amide bonds. The molecule has 72 valence electrons. The highest BCUT2D eigenvalue weighted by atomic mass is 14.9. The Morgan fingerprint density at radius 2 is 2.08 bits per heavy atom. The second kappa shape index (κ2) is 4.11. The van der Waals surface area contributed by atoms with E-state index in [1.165, 1.54) is 32.1 Å². The van der Waals surface area contributed by atoms with Crippen LogP contribution in [-0.4, -0.2) is 12.6 Å². The Balaban J connectivity index is 1.64. The minimum absolute atomic E-state index is 0.291. The summed E-state index contributed by atoms with van der Waals surface area (Å²) in [7, 11) is 0. The highest BCUT2D eigenvalue weighted by Crippen LogP contribution is 2.32. The third-order valence-corrected chi connectivity index (χ3v) is 3.34. The molecule has 0 aromatic heterocycles. The summed E-state index contributed by atoms with van der Waals surface area (Å²) in [5.41, 5.74) is 0. The molecule has 2 heteroatoms. The molecule has 2 saturated carbocycles. The van der Waals surface area contributed by atoms with Crippen molar-refractivity contribution in [3.8, 4) is 6.07 Å². The van der Waals surface area contributed by atoms with Crippen molar-refractivity contribution < 1.29 is 0 Å². The molecule has 0 bridgehead atoms. The Morgan fingerprint density at radius 3 is 2.77 bits per heavy atom. The van der Waals surface area contributed by atoms with Gasteiger partial charge in [0.1, 0.15) is 0 Å². The number of nitriles is 1. The molecule has 2 unspecified atom stereocenters. The molecule has 0 radical (unpaired) electrons. The molecule has 2 atom stereocenters. The molecular weight excluding hydrogens is 160 g/mol. The highest BCUT2D eigenvalue weighted by molar-refractivity contribution is 4.96. The van der Waals surface area contributed by atoms with Crippen LogP contribution < -0.4 is 5.32 Å². The summed E-state index contributed by atoms with van der Waals surface area (Å²) in [5.74, 6) is 1.30. The van der Waals surface area contributed by atoms with E-state index in [1.54, 1.807) is 0 Å². The number of hydrogen-bond donors (Lipinski definition) is 1. The van der Waals surface area contributed by atoms with Gasteiger partial charge in [0, 0.05) is 6.04 Å². The van der Waals surface area contributed by atoms with Crippen LogP contribution in [0.25, 0.3) is 0 Å². The summed E-state index contributed by atoms with van der Waals surface area (Å²) >= 11 is 0. The van der Waals surface area contributed by atoms with Crippen molar-refractivity contribution in [2.75, 3.05) is 6.54 Å². The molecule has 1 N–H and O–H groups in total. The zero-order valence-corrected chi connectivity index (χ0v) is 8.13. The van der Waals surface area contributed by atoms with Gasteiger partial charge in [-0.1, -0.05) is 19.3 Å². The Labute approximate surface area is 80.3 Å². The third-order valence-electron chi connectivity index (χ3n) is 3.34. The van der Waals surface area contributed by atoms with Crippen LogP contribution in [0.5, 0.6) is 0 Å². The summed E-state index contributed by atoms with van der Waals surface area (Å²) in [4.78, 5) is 0. The number of nitrogens with one attached hydrogen (secondary N) is 1. The minimum atomic E-state index is 0.291. The summed E-state index contributed by atoms with van der Waals surface area (Å²) in [6.07, 6.45) is 7.76. The van der Waals surface area contributed by atoms with Gasteiger partial charge in [-0.15, -0.1) is 0 Å². The molecule has 0 aromatic rings. The summed E-state index contributed by atoms with van der Waals surface area (Å²) in [6, 6.07) is 2.91. The zero-order valence-electron chi connectivity index (χ0n) is 8.13. The second-order valence-corrected chi connectivity index (χ2v) is 4.46. The first-order valence-electron chi connectivity index (χ1n) is 5.53. The van der Waals surface area contributed by atoms with E-state index in [0.717, 1.165) is 18.9 Å². The number of hydrogen-bond acceptors (Lipinski definition) is 2. The maximum atomic E-state index is 8.87. The molecule has 2 aliphatic carbocycles. The van der Waals surface area contributed by atoms with E-state index in [2.05, 4.69) is 11.4 Å². The lowest BCUT2D eigenvalue weighted by atomic mass is 10.1. The molecule has 0 aliphatic heterocycles. The first kappa shape index (κ1) is 9.02. The fourth-order valence-corrected chi connectivity index (χ4v) is 2.24. The predicted octanol–water partition coefficient (Wildman–Crippen LogP) is 2.07. The Kier molecular flexibility index (Phi) is 2.85. The molecule has 2 nitrogen and oxygen atoms in total. The van der Waals surface area contributed by atoms with Gasteiger partial charge in [-0.25, -0.2) is 0 Å². The van der Waals surface area contributed by atoms with E-state index in [4.69, 9.17) is 5.26 Å². The Morgan fingerprint density at radius 1 is 1.23 bits per heavy atom. The normalized spacial score (nSPS) is 33.2. The van der Waals surface area contributed by atoms with E-state index >= 15 is 0 Å². The lowest BCUT2D eigenvalue weighted by Gasteiger charge is -2.14. The smallest absolute Gasteiger partial charge is 0.0672 e. The maximum absolute atomic E-state index is 8.87. The molecule has 0 aromatic carbocycles. The average molecular weight is 178 g/mol. The van der Waals surface area contributed by atoms with Gasteiger partial charge < -0.3 is 5.32 Å². The van der Waals surface area contributed by atoms with Crippen molar-refractivity contribution in [2.45, 2.75) is 44.6 Å². The molecule has 2 rings (SSSR count). The summed E-state index contributed by atoms with van der Waals surface area (Å²) < 4.78 is 0. The van der Waals surface area contributed by atoms with Gasteiger partial charge in [-0.05, 0) is 31.7 Å². The zero-order chi connectivity index (χ0) is 9.10. The fourth-order valence-electron chi connectivity index (χ4n) is 2.24. The first-order chi connectivity index (χ1) is 6.40. The van der Waals surface area contributed by atoms with Crippen LogP contribution in [0, 0.1) is 23.2 Å². The van der Waals surface area contributed by atoms with Crippen LogP contribution in [0.3, 0.4) is 0 Å². The number of nitrogens with zero attached hydrogens (tertiary/aromatic N) is 1. The van der Waals surface area contributed by atoms with E-state index < -0.39 is 0 Å². The van der Waals surface area contributed by atoms with Crippen molar-refractivity contribution >= 4 is 0 Å². The van der Waals surface area contributed by atoms with Crippen LogP contribution in [0.15, 0.2) is 0 Å². The quantitative estimate of drug-likeness (QED) is 0.715. The molecule has 0 spiro atoms. The molecule has 0 heterocycles. The predicted molar refractivity (Wildman–Crippen MR) is 52.1 cm³/mol. The Hall–Kier alpha value is -0.550. The molecule has 0 saturated heterocycles. The van der Waals surface area contributed by atoms with Gasteiger partial charge in [0.25, 0.3) is 0 Å². The van der Waals surface area contributed by atoms with Gasteiger partial charge in [0.2, 0.25) is 0 Å². The molecular formula is C11H18N2. The first-order valence-corrected chi connectivity index (χ1v) is 5.53. The van der Waals surface area contributed by atoms with Gasteiger partial charge in [0.15, 0.2) is 0 Å². The van der Waals surface area contributed by atoms with Crippen LogP contribution in [0.1, 0.15) is 38.5 Å². The maximum Gasteiger partial charge on any atom is 0.0672 e. The SMILES string of the molecule is N#CC1CCCC1NCCC1CC1. The van der Waals surface area contributed by atoms with Crippen molar-refractivity contribution in [3.63, 3.8) is 0 Å². The number of rotatable bonds is 4. The van der Waals surface area contributed by atoms with Crippen LogP contribution in [0.4, 0.5) is 0 Å². The van der Waals surface area contributed by atoms with Crippen molar-refractivity contribution in [1.82, 2.24) is 5.32 Å². The van der Waals surface area contributed by atoms with Crippen molar-refractivity contribution in [2.24, 2.45) is 11.8 Å². The molecule has 13 heavy (non-hydrogen) atoms. The van der Waals surface area contributed by atoms with E-state index in [9.17, 15) is 0 Å². The lowest BCUT2D eigenvalue weighted by Crippen LogP contribution is -2.32. The van der Waals surface area contributed by atoms with Crippen molar-refractivity contribution in [3.05, 3.63) is 0 Å². The van der Waals surface area contributed by atoms with Gasteiger partial charge in [0.05, 0.1) is 12.0 Å². The standard InChI is InChI=1S/C11H18N2/c12-8-10-2-1-3-11(10)13-7-6-9-4-5-9/h9-11,13H,1-7H2. The van der Waals surface area contributed by atoms with Gasteiger partial charge >= 0.3 is 0 Å². The second-order valence-electron chi connectivity index (χ2n) is 4.46.